The molecular formula is C22H21N5O6. The molecule has 0 spiro atoms. The van der Waals surface area contributed by atoms with E-state index >= 15 is 0 Å². The second-order valence-electron chi connectivity index (χ2n) is 7.33. The van der Waals surface area contributed by atoms with Crippen molar-refractivity contribution in [3.05, 3.63) is 76.1 Å². The van der Waals surface area contributed by atoms with Crippen molar-refractivity contribution in [2.24, 2.45) is 7.05 Å². The summed E-state index contributed by atoms with van der Waals surface area (Å²) < 4.78 is 12.3. The van der Waals surface area contributed by atoms with E-state index in [1.807, 2.05) is 4.90 Å². The molecule has 1 aliphatic heterocycles. The first kappa shape index (κ1) is 22.0. The van der Waals surface area contributed by atoms with Crippen molar-refractivity contribution in [2.75, 3.05) is 36.5 Å². The maximum atomic E-state index is 12.9. The van der Waals surface area contributed by atoms with Crippen LogP contribution in [0.3, 0.4) is 0 Å². The first-order valence-corrected chi connectivity index (χ1v) is 10.1. The lowest BCUT2D eigenvalue weighted by atomic mass is 10.1. The predicted octanol–water partition coefficient (Wildman–Crippen LogP) is 2.64. The number of benzene rings is 2. The SMILES string of the molecule is Cn1cc(C(=O)Nc2ccc(OC(=O)c3cc([N+](=O)[O-])ccc3N3CCOCC3)cc2)cn1. The van der Waals surface area contributed by atoms with Gasteiger partial charge in [-0.05, 0) is 30.3 Å². The Hall–Kier alpha value is -4.25. The molecule has 1 amide bonds. The summed E-state index contributed by atoms with van der Waals surface area (Å²) in [7, 11) is 1.71. The Morgan fingerprint density at radius 3 is 2.52 bits per heavy atom. The zero-order valence-corrected chi connectivity index (χ0v) is 17.8. The minimum absolute atomic E-state index is 0.0973. The van der Waals surface area contributed by atoms with Gasteiger partial charge in [0.1, 0.15) is 5.75 Å². The van der Waals surface area contributed by atoms with E-state index < -0.39 is 10.9 Å². The summed E-state index contributed by atoms with van der Waals surface area (Å²) in [6.07, 6.45) is 3.05. The fraction of sp³-hybridized carbons (Fsp3) is 0.227. The number of amides is 1. The number of ether oxygens (including phenoxy) is 2. The molecule has 11 heteroatoms. The number of aryl methyl sites for hydroxylation is 1. The number of esters is 1. The van der Waals surface area contributed by atoms with Gasteiger partial charge in [0.05, 0.1) is 41.1 Å². The van der Waals surface area contributed by atoms with Crippen LogP contribution >= 0.6 is 0 Å². The number of nitrogens with one attached hydrogen (secondary N) is 1. The van der Waals surface area contributed by atoms with Gasteiger partial charge in [0.15, 0.2) is 0 Å². The van der Waals surface area contributed by atoms with Gasteiger partial charge in [0.2, 0.25) is 0 Å². The highest BCUT2D eigenvalue weighted by Crippen LogP contribution is 2.28. The summed E-state index contributed by atoms with van der Waals surface area (Å²) in [6, 6.07) is 10.4. The molecular weight excluding hydrogens is 430 g/mol. The number of anilines is 2. The number of carbonyl (C=O) groups is 2. The van der Waals surface area contributed by atoms with E-state index in [1.165, 1.54) is 35.1 Å². The van der Waals surface area contributed by atoms with Gasteiger partial charge in [-0.3, -0.25) is 19.6 Å². The smallest absolute Gasteiger partial charge is 0.345 e. The van der Waals surface area contributed by atoms with Crippen LogP contribution in [0.25, 0.3) is 0 Å². The number of morpholine rings is 1. The highest BCUT2D eigenvalue weighted by molar-refractivity contribution is 6.04. The Morgan fingerprint density at radius 2 is 1.88 bits per heavy atom. The fourth-order valence-corrected chi connectivity index (χ4v) is 3.39. The van der Waals surface area contributed by atoms with Crippen molar-refractivity contribution in [1.29, 1.82) is 0 Å². The van der Waals surface area contributed by atoms with Crippen molar-refractivity contribution in [2.45, 2.75) is 0 Å². The van der Waals surface area contributed by atoms with E-state index in [1.54, 1.807) is 31.4 Å². The van der Waals surface area contributed by atoms with Crippen LogP contribution < -0.4 is 15.0 Å². The molecule has 0 aliphatic carbocycles. The number of hydrogen-bond acceptors (Lipinski definition) is 8. The van der Waals surface area contributed by atoms with Gasteiger partial charge in [-0.25, -0.2) is 4.79 Å². The van der Waals surface area contributed by atoms with Crippen LogP contribution in [0.1, 0.15) is 20.7 Å². The van der Waals surface area contributed by atoms with E-state index in [0.29, 0.717) is 43.2 Å². The fourth-order valence-electron chi connectivity index (χ4n) is 3.39. The molecule has 4 rings (SSSR count). The number of hydrogen-bond donors (Lipinski definition) is 1. The molecule has 1 aliphatic rings. The number of nitrogens with zero attached hydrogens (tertiary/aromatic N) is 4. The van der Waals surface area contributed by atoms with Gasteiger partial charge in [-0.2, -0.15) is 5.10 Å². The van der Waals surface area contributed by atoms with Crippen molar-refractivity contribution in [1.82, 2.24) is 9.78 Å². The van der Waals surface area contributed by atoms with E-state index in [4.69, 9.17) is 9.47 Å². The molecule has 0 atom stereocenters. The van der Waals surface area contributed by atoms with Crippen LogP contribution in [0.15, 0.2) is 54.9 Å². The molecule has 0 saturated carbocycles. The predicted molar refractivity (Wildman–Crippen MR) is 119 cm³/mol. The zero-order valence-electron chi connectivity index (χ0n) is 17.8. The highest BCUT2D eigenvalue weighted by Gasteiger charge is 2.23. The molecule has 1 aromatic heterocycles. The molecule has 33 heavy (non-hydrogen) atoms. The second-order valence-corrected chi connectivity index (χ2v) is 7.33. The third-order valence-electron chi connectivity index (χ3n) is 5.05. The molecule has 1 fully saturated rings. The molecule has 11 nitrogen and oxygen atoms in total. The lowest BCUT2D eigenvalue weighted by Crippen LogP contribution is -2.37. The summed E-state index contributed by atoms with van der Waals surface area (Å²) in [5, 5.41) is 17.9. The topological polar surface area (TPSA) is 129 Å². The van der Waals surface area contributed by atoms with Crippen LogP contribution in [0.5, 0.6) is 5.75 Å². The van der Waals surface area contributed by atoms with Gasteiger partial charge in [0.25, 0.3) is 11.6 Å². The Labute approximate surface area is 188 Å². The van der Waals surface area contributed by atoms with E-state index in [0.717, 1.165) is 0 Å². The largest absolute Gasteiger partial charge is 0.423 e. The lowest BCUT2D eigenvalue weighted by molar-refractivity contribution is -0.384. The van der Waals surface area contributed by atoms with Crippen LogP contribution in [-0.4, -0.2) is 52.9 Å². The summed E-state index contributed by atoms with van der Waals surface area (Å²) in [5.41, 5.74) is 1.36. The number of nitro groups is 1. The number of nitro benzene ring substituents is 1. The maximum absolute atomic E-state index is 12.9. The molecule has 3 aromatic rings. The summed E-state index contributed by atoms with van der Waals surface area (Å²) in [6.45, 7) is 2.11. The summed E-state index contributed by atoms with van der Waals surface area (Å²) >= 11 is 0. The first-order chi connectivity index (χ1) is 15.9. The zero-order chi connectivity index (χ0) is 23.4. The van der Waals surface area contributed by atoms with Gasteiger partial charge in [-0.15, -0.1) is 0 Å². The Bertz CT molecular complexity index is 1180. The number of non-ortho nitro benzene ring substituents is 1. The number of aromatic nitrogens is 2. The average Bonchev–Trinajstić information content (AvgIpc) is 3.27. The van der Waals surface area contributed by atoms with Gasteiger partial charge < -0.3 is 19.7 Å². The van der Waals surface area contributed by atoms with Crippen LogP contribution in [0.4, 0.5) is 17.1 Å². The summed E-state index contributed by atoms with van der Waals surface area (Å²) in [5.74, 6) is -0.800. The van der Waals surface area contributed by atoms with Gasteiger partial charge in [-0.1, -0.05) is 0 Å². The molecule has 0 radical (unpaired) electrons. The van der Waals surface area contributed by atoms with Crippen molar-refractivity contribution < 1.29 is 24.0 Å². The Kier molecular flexibility index (Phi) is 6.31. The van der Waals surface area contributed by atoms with Crippen molar-refractivity contribution in [3.63, 3.8) is 0 Å². The maximum Gasteiger partial charge on any atom is 0.345 e. The monoisotopic (exact) mass is 451 g/mol. The second kappa shape index (κ2) is 9.49. The van der Waals surface area contributed by atoms with E-state index in [-0.39, 0.29) is 22.9 Å². The number of rotatable bonds is 6. The molecule has 0 bridgehead atoms. The van der Waals surface area contributed by atoms with Gasteiger partial charge in [0, 0.05) is 44.2 Å². The normalized spacial score (nSPS) is 13.4. The molecule has 1 N–H and O–H groups in total. The Balaban J connectivity index is 1.49. The minimum atomic E-state index is -0.715. The highest BCUT2D eigenvalue weighted by atomic mass is 16.6. The third kappa shape index (κ3) is 5.15. The standard InChI is InChI=1S/C22H21N5O6/c1-25-14-15(13-23-25)21(28)24-16-2-5-18(6-3-16)33-22(29)19-12-17(27(30)31)4-7-20(19)26-8-10-32-11-9-26/h2-7,12-14H,8-11H2,1H3,(H,24,28). The third-order valence-corrected chi connectivity index (χ3v) is 5.05. The van der Waals surface area contributed by atoms with Crippen LogP contribution in [-0.2, 0) is 11.8 Å². The number of carbonyl (C=O) groups excluding carboxylic acids is 2. The quantitative estimate of drug-likeness (QED) is 0.262. The first-order valence-electron chi connectivity index (χ1n) is 10.1. The van der Waals surface area contributed by atoms with Gasteiger partial charge >= 0.3 is 5.97 Å². The summed E-state index contributed by atoms with van der Waals surface area (Å²) in [4.78, 5) is 37.8. The molecule has 2 heterocycles. The molecule has 170 valence electrons. The van der Waals surface area contributed by atoms with E-state index in [2.05, 4.69) is 10.4 Å². The minimum Gasteiger partial charge on any atom is -0.423 e. The van der Waals surface area contributed by atoms with E-state index in [9.17, 15) is 19.7 Å². The Morgan fingerprint density at radius 1 is 1.15 bits per heavy atom. The van der Waals surface area contributed by atoms with Crippen molar-refractivity contribution in [3.8, 4) is 5.75 Å². The molecule has 1 saturated heterocycles. The molecule has 0 unspecified atom stereocenters. The lowest BCUT2D eigenvalue weighted by Gasteiger charge is -2.30. The molecule has 2 aromatic carbocycles. The average molecular weight is 451 g/mol. The van der Waals surface area contributed by atoms with Crippen LogP contribution in [0.2, 0.25) is 0 Å². The van der Waals surface area contributed by atoms with Crippen LogP contribution in [0, 0.1) is 10.1 Å². The van der Waals surface area contributed by atoms with Crippen molar-refractivity contribution >= 4 is 28.9 Å².